The molecular weight excluding hydrogens is 382 g/mol. The zero-order valence-electron chi connectivity index (χ0n) is 14.9. The van der Waals surface area contributed by atoms with Gasteiger partial charge in [-0.25, -0.2) is 9.78 Å². The number of ether oxygens (including phenoxy) is 1. The number of aryl methyl sites for hydroxylation is 2. The maximum absolute atomic E-state index is 12.7. The summed E-state index contributed by atoms with van der Waals surface area (Å²) < 4.78 is 17.5. The van der Waals surface area contributed by atoms with E-state index < -0.39 is 5.97 Å². The summed E-state index contributed by atoms with van der Waals surface area (Å²) in [6.07, 6.45) is 3.24. The predicted molar refractivity (Wildman–Crippen MR) is 100 cm³/mol. The molecule has 4 aromatic heterocycles. The number of rotatable bonds is 4. The van der Waals surface area contributed by atoms with E-state index in [0.29, 0.717) is 44.4 Å². The number of hydrogen-bond donors (Lipinski definition) is 0. The van der Waals surface area contributed by atoms with Crippen molar-refractivity contribution in [3.63, 3.8) is 0 Å². The van der Waals surface area contributed by atoms with Gasteiger partial charge in [-0.15, -0.1) is 11.3 Å². The fraction of sp³-hybridized carbons (Fsp3) is 0.263. The smallest absolute Gasteiger partial charge is 0.349 e. The number of furan rings is 1. The van der Waals surface area contributed by atoms with Crippen molar-refractivity contribution in [1.82, 2.24) is 14.7 Å². The van der Waals surface area contributed by atoms with Crippen LogP contribution in [0.3, 0.4) is 0 Å². The normalized spacial score (nSPS) is 13.2. The third kappa shape index (κ3) is 2.66. The van der Waals surface area contributed by atoms with Crippen LogP contribution in [0.15, 0.2) is 38.2 Å². The first-order chi connectivity index (χ1) is 13.6. The topological polar surface area (TPSA) is 100 Å². The first kappa shape index (κ1) is 16.9. The molecule has 0 saturated heterocycles. The van der Waals surface area contributed by atoms with E-state index in [0.717, 1.165) is 18.7 Å². The number of thiophene rings is 1. The first-order valence-corrected chi connectivity index (χ1v) is 9.63. The lowest BCUT2D eigenvalue weighted by Crippen LogP contribution is -2.20. The van der Waals surface area contributed by atoms with Crippen LogP contribution in [-0.2, 0) is 24.3 Å². The third-order valence-corrected chi connectivity index (χ3v) is 5.94. The molecule has 28 heavy (non-hydrogen) atoms. The minimum absolute atomic E-state index is 0.0420. The molecule has 0 radical (unpaired) electrons. The van der Waals surface area contributed by atoms with Crippen LogP contribution in [0.4, 0.5) is 0 Å². The van der Waals surface area contributed by atoms with Gasteiger partial charge in [0.1, 0.15) is 27.8 Å². The lowest BCUT2D eigenvalue weighted by atomic mass is 10.2. The Hall–Kier alpha value is -3.20. The molecule has 5 rings (SSSR count). The second-order valence-electron chi connectivity index (χ2n) is 6.56. The van der Waals surface area contributed by atoms with Crippen molar-refractivity contribution >= 4 is 27.5 Å². The molecule has 8 nitrogen and oxygen atoms in total. The predicted octanol–water partition coefficient (Wildman–Crippen LogP) is 3.32. The highest BCUT2D eigenvalue weighted by molar-refractivity contribution is 7.20. The standard InChI is InChI=1S/C19H15N3O5S/c1-10-15-17(20-14-5-2-6-22(14)18(15)23)28-16(10)19(24)26-9-11-8-13(27-21-11)12-4-3-7-25-12/h3-4,7-8H,2,5-6,9H2,1H3. The summed E-state index contributed by atoms with van der Waals surface area (Å²) in [7, 11) is 0. The number of aromatic nitrogens is 3. The Bertz CT molecular complexity index is 1250. The summed E-state index contributed by atoms with van der Waals surface area (Å²) in [5, 5.41) is 4.39. The van der Waals surface area contributed by atoms with Gasteiger partial charge in [0.2, 0.25) is 5.76 Å². The van der Waals surface area contributed by atoms with Gasteiger partial charge in [0.15, 0.2) is 5.76 Å². The van der Waals surface area contributed by atoms with Crippen molar-refractivity contribution in [2.45, 2.75) is 32.9 Å². The number of carbonyl (C=O) groups excluding carboxylic acids is 1. The lowest BCUT2D eigenvalue weighted by Gasteiger charge is -2.02. The molecule has 142 valence electrons. The molecule has 1 aliphatic rings. The zero-order valence-corrected chi connectivity index (χ0v) is 15.7. The zero-order chi connectivity index (χ0) is 19.3. The molecule has 4 aromatic rings. The Morgan fingerprint density at radius 2 is 2.29 bits per heavy atom. The molecule has 0 saturated carbocycles. The largest absolute Gasteiger partial charge is 0.461 e. The molecule has 9 heteroatoms. The highest BCUT2D eigenvalue weighted by atomic mass is 32.1. The van der Waals surface area contributed by atoms with Crippen molar-refractivity contribution in [2.24, 2.45) is 0 Å². The highest BCUT2D eigenvalue weighted by Crippen LogP contribution is 2.29. The van der Waals surface area contributed by atoms with Gasteiger partial charge >= 0.3 is 5.97 Å². The van der Waals surface area contributed by atoms with Crippen LogP contribution in [0.5, 0.6) is 0 Å². The van der Waals surface area contributed by atoms with Crippen molar-refractivity contribution in [3.05, 3.63) is 56.8 Å². The van der Waals surface area contributed by atoms with Gasteiger partial charge in [-0.1, -0.05) is 5.16 Å². The molecule has 0 atom stereocenters. The van der Waals surface area contributed by atoms with Crippen LogP contribution in [0.2, 0.25) is 0 Å². The van der Waals surface area contributed by atoms with E-state index in [1.165, 1.54) is 17.6 Å². The van der Waals surface area contributed by atoms with Gasteiger partial charge in [-0.05, 0) is 31.0 Å². The molecular formula is C19H15N3O5S. The van der Waals surface area contributed by atoms with Crippen LogP contribution < -0.4 is 5.56 Å². The fourth-order valence-electron chi connectivity index (χ4n) is 3.39. The Morgan fingerprint density at radius 3 is 3.11 bits per heavy atom. The maximum atomic E-state index is 12.7. The van der Waals surface area contributed by atoms with Gasteiger partial charge in [0.25, 0.3) is 5.56 Å². The van der Waals surface area contributed by atoms with Crippen LogP contribution in [0.25, 0.3) is 21.7 Å². The third-order valence-electron chi connectivity index (χ3n) is 4.77. The number of carbonyl (C=O) groups is 1. The molecule has 0 spiro atoms. The summed E-state index contributed by atoms with van der Waals surface area (Å²) >= 11 is 1.19. The minimum atomic E-state index is -0.507. The van der Waals surface area contributed by atoms with E-state index in [1.54, 1.807) is 29.7 Å². The van der Waals surface area contributed by atoms with Gasteiger partial charge in [0, 0.05) is 19.0 Å². The van der Waals surface area contributed by atoms with Gasteiger partial charge < -0.3 is 13.7 Å². The Kier molecular flexibility index (Phi) is 3.90. The van der Waals surface area contributed by atoms with Crippen LogP contribution >= 0.6 is 11.3 Å². The van der Waals surface area contributed by atoms with Gasteiger partial charge in [-0.3, -0.25) is 9.36 Å². The molecule has 0 amide bonds. The average Bonchev–Trinajstić information content (AvgIpc) is 3.46. The summed E-state index contributed by atoms with van der Waals surface area (Å²) in [6.45, 7) is 2.39. The molecule has 0 bridgehead atoms. The first-order valence-electron chi connectivity index (χ1n) is 8.81. The minimum Gasteiger partial charge on any atom is -0.461 e. The SMILES string of the molecule is Cc1c(C(=O)OCc2cc(-c3ccco3)on2)sc2nc3n(c(=O)c12)CCC3. The quantitative estimate of drug-likeness (QED) is 0.487. The monoisotopic (exact) mass is 397 g/mol. The van der Waals surface area contributed by atoms with Crippen molar-refractivity contribution in [1.29, 1.82) is 0 Å². The second-order valence-corrected chi connectivity index (χ2v) is 7.56. The van der Waals surface area contributed by atoms with E-state index in [1.807, 2.05) is 0 Å². The molecule has 0 N–H and O–H groups in total. The maximum Gasteiger partial charge on any atom is 0.349 e. The number of hydrogen-bond acceptors (Lipinski definition) is 8. The Balaban J connectivity index is 1.39. The van der Waals surface area contributed by atoms with Gasteiger partial charge in [-0.2, -0.15) is 0 Å². The molecule has 0 unspecified atom stereocenters. The van der Waals surface area contributed by atoms with E-state index in [9.17, 15) is 9.59 Å². The van der Waals surface area contributed by atoms with Crippen molar-refractivity contribution in [3.8, 4) is 11.5 Å². The fourth-order valence-corrected chi connectivity index (χ4v) is 4.47. The van der Waals surface area contributed by atoms with E-state index in [2.05, 4.69) is 10.1 Å². The summed E-state index contributed by atoms with van der Waals surface area (Å²) in [5.74, 6) is 1.28. The highest BCUT2D eigenvalue weighted by Gasteiger charge is 2.24. The molecule has 0 aromatic carbocycles. The lowest BCUT2D eigenvalue weighted by molar-refractivity contribution is 0.0469. The number of fused-ring (bicyclic) bond motifs is 2. The molecule has 0 fully saturated rings. The summed E-state index contributed by atoms with van der Waals surface area (Å²) in [5.41, 5.74) is 1.00. The second kappa shape index (κ2) is 6.45. The van der Waals surface area contributed by atoms with Crippen LogP contribution in [0, 0.1) is 6.92 Å². The van der Waals surface area contributed by atoms with Crippen LogP contribution in [0.1, 0.15) is 33.2 Å². The molecule has 5 heterocycles. The van der Waals surface area contributed by atoms with E-state index in [4.69, 9.17) is 13.7 Å². The number of esters is 1. The average molecular weight is 397 g/mol. The van der Waals surface area contributed by atoms with E-state index in [-0.39, 0.29) is 12.2 Å². The van der Waals surface area contributed by atoms with Crippen molar-refractivity contribution < 1.29 is 18.5 Å². The summed E-state index contributed by atoms with van der Waals surface area (Å²) in [4.78, 5) is 30.8. The Labute approximate surface area is 162 Å². The van der Waals surface area contributed by atoms with Gasteiger partial charge in [0.05, 0.1) is 11.6 Å². The van der Waals surface area contributed by atoms with E-state index >= 15 is 0 Å². The molecule has 1 aliphatic heterocycles. The Morgan fingerprint density at radius 1 is 1.39 bits per heavy atom. The molecule has 0 aliphatic carbocycles. The number of nitrogens with zero attached hydrogens (tertiary/aromatic N) is 3. The van der Waals surface area contributed by atoms with Crippen molar-refractivity contribution in [2.75, 3.05) is 0 Å². The van der Waals surface area contributed by atoms with Crippen LogP contribution in [-0.4, -0.2) is 20.7 Å². The summed E-state index contributed by atoms with van der Waals surface area (Å²) in [6, 6.07) is 5.15.